The highest BCUT2D eigenvalue weighted by atomic mass is 32.1. The van der Waals surface area contributed by atoms with Crippen LogP contribution in [0.25, 0.3) is 0 Å². The fourth-order valence-electron chi connectivity index (χ4n) is 4.13. The molecule has 0 radical (unpaired) electrons. The number of aromatic nitrogens is 1. The monoisotopic (exact) mass is 400 g/mol. The lowest BCUT2D eigenvalue weighted by atomic mass is 9.95. The number of nitrogen functional groups attached to an aromatic ring is 1. The summed E-state index contributed by atoms with van der Waals surface area (Å²) < 4.78 is 0. The molecule has 0 saturated carbocycles. The van der Waals surface area contributed by atoms with Gasteiger partial charge in [0.1, 0.15) is 0 Å². The molecule has 3 rings (SSSR count). The molecule has 1 unspecified atom stereocenters. The van der Waals surface area contributed by atoms with Crippen LogP contribution in [0, 0.1) is 0 Å². The third-order valence-electron chi connectivity index (χ3n) is 5.69. The summed E-state index contributed by atoms with van der Waals surface area (Å²) in [6, 6.07) is 9.89. The van der Waals surface area contributed by atoms with E-state index in [1.54, 1.807) is 11.3 Å². The van der Waals surface area contributed by atoms with Crippen LogP contribution in [0.15, 0.2) is 24.3 Å². The maximum absolute atomic E-state index is 5.92. The van der Waals surface area contributed by atoms with E-state index in [-0.39, 0.29) is 0 Å². The van der Waals surface area contributed by atoms with Crippen molar-refractivity contribution in [2.75, 3.05) is 31.9 Å². The number of nitrogens with two attached hydrogens (primary N) is 1. The lowest BCUT2D eigenvalue weighted by Crippen LogP contribution is -2.40. The number of anilines is 1. The van der Waals surface area contributed by atoms with Crippen LogP contribution < -0.4 is 11.1 Å². The average molecular weight is 401 g/mol. The van der Waals surface area contributed by atoms with Crippen molar-refractivity contribution >= 4 is 16.5 Å². The minimum Gasteiger partial charge on any atom is -0.375 e. The van der Waals surface area contributed by atoms with Crippen molar-refractivity contribution in [2.24, 2.45) is 0 Å². The Balaban J connectivity index is 1.51. The lowest BCUT2D eigenvalue weighted by molar-refractivity contribution is 0.182. The smallest absolute Gasteiger partial charge is 0.180 e. The first kappa shape index (κ1) is 21.3. The predicted octanol–water partition coefficient (Wildman–Crippen LogP) is 4.08. The number of hydrogen-bond donors (Lipinski definition) is 2. The molecule has 1 heterocycles. The SMILES string of the molecule is CCCNCCc1ccc(CCN(CCC)C2CCc3nc(N)sc3C2)cc1. The number of fused-ring (bicyclic) bond motifs is 1. The molecule has 4 nitrogen and oxygen atoms in total. The standard InChI is InChI=1S/C23H36N4S/c1-3-13-25-14-11-18-5-7-19(8-6-18)12-16-27(15-4-2)20-9-10-21-22(17-20)28-23(24)26-21/h5-8,20,25H,3-4,9-17H2,1-2H3,(H2,24,26). The van der Waals surface area contributed by atoms with Crippen LogP contribution in [-0.2, 0) is 25.7 Å². The molecule has 0 bridgehead atoms. The van der Waals surface area contributed by atoms with Crippen LogP contribution in [0.5, 0.6) is 0 Å². The molecule has 3 N–H and O–H groups in total. The normalized spacial score (nSPS) is 16.5. The minimum atomic E-state index is 0.635. The molecule has 0 spiro atoms. The van der Waals surface area contributed by atoms with Crippen molar-refractivity contribution in [3.8, 4) is 0 Å². The fourth-order valence-corrected chi connectivity index (χ4v) is 5.08. The van der Waals surface area contributed by atoms with Gasteiger partial charge in [0.15, 0.2) is 5.13 Å². The lowest BCUT2D eigenvalue weighted by Gasteiger charge is -2.33. The maximum Gasteiger partial charge on any atom is 0.180 e. The Morgan fingerprint density at radius 1 is 1.07 bits per heavy atom. The Hall–Kier alpha value is -1.43. The van der Waals surface area contributed by atoms with Crippen LogP contribution >= 0.6 is 11.3 Å². The van der Waals surface area contributed by atoms with Gasteiger partial charge >= 0.3 is 0 Å². The number of nitrogens with zero attached hydrogens (tertiary/aromatic N) is 2. The molecule has 1 aromatic heterocycles. The Labute approximate surface area is 174 Å². The second-order valence-corrected chi connectivity index (χ2v) is 9.04. The van der Waals surface area contributed by atoms with Gasteiger partial charge in [0.05, 0.1) is 5.69 Å². The second kappa shape index (κ2) is 10.9. The number of thiazole rings is 1. The Morgan fingerprint density at radius 2 is 1.82 bits per heavy atom. The molecule has 28 heavy (non-hydrogen) atoms. The Morgan fingerprint density at radius 3 is 2.54 bits per heavy atom. The third kappa shape index (κ3) is 6.03. The number of rotatable bonds is 11. The van der Waals surface area contributed by atoms with E-state index < -0.39 is 0 Å². The van der Waals surface area contributed by atoms with Crippen LogP contribution in [0.4, 0.5) is 5.13 Å². The molecule has 0 fully saturated rings. The third-order valence-corrected chi connectivity index (χ3v) is 6.63. The second-order valence-electron chi connectivity index (χ2n) is 7.92. The van der Waals surface area contributed by atoms with Gasteiger partial charge in [-0.3, -0.25) is 4.90 Å². The van der Waals surface area contributed by atoms with Gasteiger partial charge in [-0.1, -0.05) is 38.1 Å². The fraction of sp³-hybridized carbons (Fsp3) is 0.609. The first-order chi connectivity index (χ1) is 13.7. The zero-order valence-electron chi connectivity index (χ0n) is 17.5. The van der Waals surface area contributed by atoms with Crippen molar-refractivity contribution in [1.82, 2.24) is 15.2 Å². The molecule has 1 aliphatic rings. The molecule has 0 saturated heterocycles. The van der Waals surface area contributed by atoms with Crippen LogP contribution in [0.2, 0.25) is 0 Å². The predicted molar refractivity (Wildman–Crippen MR) is 121 cm³/mol. The number of hydrogen-bond acceptors (Lipinski definition) is 5. The maximum atomic E-state index is 5.92. The molecular formula is C23H36N4S. The van der Waals surface area contributed by atoms with Crippen molar-refractivity contribution < 1.29 is 0 Å². The summed E-state index contributed by atoms with van der Waals surface area (Å²) in [7, 11) is 0. The molecule has 5 heteroatoms. The van der Waals surface area contributed by atoms with E-state index in [1.165, 1.54) is 47.5 Å². The topological polar surface area (TPSA) is 54.2 Å². The highest BCUT2D eigenvalue weighted by Gasteiger charge is 2.26. The van der Waals surface area contributed by atoms with E-state index in [0.29, 0.717) is 6.04 Å². The van der Waals surface area contributed by atoms with Crippen LogP contribution in [0.3, 0.4) is 0 Å². The Bertz CT molecular complexity index is 710. The van der Waals surface area contributed by atoms with Gasteiger partial charge in [-0.05, 0) is 75.7 Å². The van der Waals surface area contributed by atoms with E-state index in [4.69, 9.17) is 5.73 Å². The minimum absolute atomic E-state index is 0.635. The quantitative estimate of drug-likeness (QED) is 0.558. The summed E-state index contributed by atoms with van der Waals surface area (Å²) in [6.07, 6.45) is 8.05. The molecule has 154 valence electrons. The van der Waals surface area contributed by atoms with Crippen molar-refractivity contribution in [2.45, 2.75) is 64.8 Å². The van der Waals surface area contributed by atoms with E-state index in [2.05, 4.69) is 53.3 Å². The summed E-state index contributed by atoms with van der Waals surface area (Å²) in [5.41, 5.74) is 10.0. The van der Waals surface area contributed by atoms with E-state index in [1.807, 2.05) is 0 Å². The first-order valence-corrected chi connectivity index (χ1v) is 11.8. The average Bonchev–Trinajstić information content (AvgIpc) is 3.08. The van der Waals surface area contributed by atoms with Gasteiger partial charge in [-0.15, -0.1) is 11.3 Å². The largest absolute Gasteiger partial charge is 0.375 e. The van der Waals surface area contributed by atoms with E-state index in [0.717, 1.165) is 50.4 Å². The van der Waals surface area contributed by atoms with Gasteiger partial charge in [-0.25, -0.2) is 4.98 Å². The summed E-state index contributed by atoms with van der Waals surface area (Å²) in [6.45, 7) is 9.00. The molecule has 0 amide bonds. The highest BCUT2D eigenvalue weighted by Crippen LogP contribution is 2.30. The van der Waals surface area contributed by atoms with Crippen LogP contribution in [-0.4, -0.2) is 42.1 Å². The van der Waals surface area contributed by atoms with Gasteiger partial charge in [-0.2, -0.15) is 0 Å². The molecular weight excluding hydrogens is 364 g/mol. The van der Waals surface area contributed by atoms with Gasteiger partial charge in [0, 0.05) is 17.5 Å². The molecule has 1 atom stereocenters. The Kier molecular flexibility index (Phi) is 8.31. The number of nitrogens with one attached hydrogen (secondary N) is 1. The van der Waals surface area contributed by atoms with Gasteiger partial charge in [0.2, 0.25) is 0 Å². The summed E-state index contributed by atoms with van der Waals surface area (Å²) >= 11 is 1.69. The van der Waals surface area contributed by atoms with Gasteiger partial charge in [0.25, 0.3) is 0 Å². The van der Waals surface area contributed by atoms with E-state index in [9.17, 15) is 0 Å². The van der Waals surface area contributed by atoms with Crippen molar-refractivity contribution in [3.05, 3.63) is 46.0 Å². The van der Waals surface area contributed by atoms with Crippen molar-refractivity contribution in [1.29, 1.82) is 0 Å². The van der Waals surface area contributed by atoms with Gasteiger partial charge < -0.3 is 11.1 Å². The molecule has 1 aliphatic carbocycles. The summed E-state index contributed by atoms with van der Waals surface area (Å²) in [4.78, 5) is 8.61. The van der Waals surface area contributed by atoms with E-state index >= 15 is 0 Å². The number of benzene rings is 1. The zero-order valence-corrected chi connectivity index (χ0v) is 18.4. The molecule has 0 aliphatic heterocycles. The van der Waals surface area contributed by atoms with Crippen LogP contribution in [0.1, 0.15) is 54.8 Å². The number of aryl methyl sites for hydroxylation is 1. The summed E-state index contributed by atoms with van der Waals surface area (Å²) in [5.74, 6) is 0. The molecule has 2 aromatic rings. The molecule has 1 aromatic carbocycles. The van der Waals surface area contributed by atoms with Crippen molar-refractivity contribution in [3.63, 3.8) is 0 Å². The zero-order chi connectivity index (χ0) is 19.8. The highest BCUT2D eigenvalue weighted by molar-refractivity contribution is 7.15. The summed E-state index contributed by atoms with van der Waals surface area (Å²) in [5, 5.41) is 4.21. The first-order valence-electron chi connectivity index (χ1n) is 11.0.